The molecule has 6 heteroatoms. The number of hydrogen-bond acceptors (Lipinski definition) is 3. The van der Waals surface area contributed by atoms with Crippen LogP contribution in [0.5, 0.6) is 0 Å². The van der Waals surface area contributed by atoms with Gasteiger partial charge in [-0.1, -0.05) is 32.9 Å². The first-order valence-electron chi connectivity index (χ1n) is 6.89. The fraction of sp³-hybridized carbons (Fsp3) is 0.533. The molecule has 0 N–H and O–H groups in total. The van der Waals surface area contributed by atoms with E-state index in [1.165, 1.54) is 12.1 Å². The van der Waals surface area contributed by atoms with Crippen LogP contribution < -0.4 is 0 Å². The number of rotatable bonds is 3. The molecule has 1 saturated heterocycles. The van der Waals surface area contributed by atoms with Crippen molar-refractivity contribution < 1.29 is 14.1 Å². The zero-order chi connectivity index (χ0) is 15.8. The number of nitro benzene ring substituents is 1. The molecule has 2 rings (SSSR count). The molecule has 21 heavy (non-hydrogen) atoms. The molecule has 0 saturated carbocycles. The summed E-state index contributed by atoms with van der Waals surface area (Å²) < 4.78 is 14.1. The van der Waals surface area contributed by atoms with E-state index in [4.69, 9.17) is 0 Å². The lowest BCUT2D eigenvalue weighted by atomic mass is 9.80. The van der Waals surface area contributed by atoms with Crippen molar-refractivity contribution in [1.29, 1.82) is 0 Å². The molecule has 1 aromatic rings. The van der Waals surface area contributed by atoms with Gasteiger partial charge >= 0.3 is 5.69 Å². The van der Waals surface area contributed by atoms with Crippen LogP contribution in [0.15, 0.2) is 18.2 Å². The Bertz CT molecular complexity index is 581. The Morgan fingerprint density at radius 2 is 2.10 bits per heavy atom. The first-order valence-corrected chi connectivity index (χ1v) is 6.89. The van der Waals surface area contributed by atoms with E-state index < -0.39 is 16.4 Å². The van der Waals surface area contributed by atoms with E-state index in [2.05, 4.69) is 20.8 Å². The number of halogens is 1. The van der Waals surface area contributed by atoms with Crippen molar-refractivity contribution in [2.75, 3.05) is 6.54 Å². The van der Waals surface area contributed by atoms with Crippen LogP contribution in [-0.2, 0) is 11.3 Å². The van der Waals surface area contributed by atoms with Gasteiger partial charge in [0, 0.05) is 31.1 Å². The average Bonchev–Trinajstić information content (AvgIpc) is 2.73. The molecule has 1 atom stereocenters. The number of benzene rings is 1. The van der Waals surface area contributed by atoms with Crippen LogP contribution in [0.1, 0.15) is 32.8 Å². The second kappa shape index (κ2) is 5.42. The minimum absolute atomic E-state index is 0.00559. The summed E-state index contributed by atoms with van der Waals surface area (Å²) in [5.41, 5.74) is -0.357. The van der Waals surface area contributed by atoms with Gasteiger partial charge in [0.15, 0.2) is 0 Å². The van der Waals surface area contributed by atoms with E-state index >= 15 is 0 Å². The van der Waals surface area contributed by atoms with Gasteiger partial charge in [-0.3, -0.25) is 14.9 Å². The molecule has 1 aliphatic rings. The van der Waals surface area contributed by atoms with E-state index in [-0.39, 0.29) is 29.3 Å². The highest BCUT2D eigenvalue weighted by molar-refractivity contribution is 5.78. The highest BCUT2D eigenvalue weighted by Gasteiger charge is 2.37. The molecule has 0 spiro atoms. The summed E-state index contributed by atoms with van der Waals surface area (Å²) in [4.78, 5) is 23.6. The monoisotopic (exact) mass is 294 g/mol. The summed E-state index contributed by atoms with van der Waals surface area (Å²) in [6.45, 7) is 6.86. The highest BCUT2D eigenvalue weighted by atomic mass is 19.1. The second-order valence-electron chi connectivity index (χ2n) is 6.55. The lowest BCUT2D eigenvalue weighted by Gasteiger charge is -2.26. The fourth-order valence-electron chi connectivity index (χ4n) is 2.54. The fourth-order valence-corrected chi connectivity index (χ4v) is 2.54. The summed E-state index contributed by atoms with van der Waals surface area (Å²) in [5.74, 6) is -0.665. The van der Waals surface area contributed by atoms with E-state index in [0.29, 0.717) is 13.0 Å². The molecule has 114 valence electrons. The maximum absolute atomic E-state index is 14.1. The lowest BCUT2D eigenvalue weighted by Crippen LogP contribution is -2.27. The minimum Gasteiger partial charge on any atom is -0.338 e. The number of hydrogen-bond donors (Lipinski definition) is 0. The summed E-state index contributed by atoms with van der Waals surface area (Å²) in [7, 11) is 0. The Balaban J connectivity index is 2.18. The Morgan fingerprint density at radius 1 is 1.43 bits per heavy atom. The van der Waals surface area contributed by atoms with Crippen LogP contribution in [0.4, 0.5) is 10.1 Å². The van der Waals surface area contributed by atoms with Crippen molar-refractivity contribution in [3.05, 3.63) is 39.7 Å². The van der Waals surface area contributed by atoms with Crippen LogP contribution in [0.25, 0.3) is 0 Å². The average molecular weight is 294 g/mol. The quantitative estimate of drug-likeness (QED) is 0.635. The Kier molecular flexibility index (Phi) is 3.98. The maximum Gasteiger partial charge on any atom is 0.305 e. The predicted octanol–water partition coefficient (Wildman–Crippen LogP) is 3.13. The molecular formula is C15H19FN2O3. The molecule has 0 aliphatic carbocycles. The van der Waals surface area contributed by atoms with Crippen LogP contribution >= 0.6 is 0 Å². The Morgan fingerprint density at radius 3 is 2.62 bits per heavy atom. The Hall–Kier alpha value is -1.98. The van der Waals surface area contributed by atoms with Gasteiger partial charge in [-0.05, 0) is 11.3 Å². The zero-order valence-corrected chi connectivity index (χ0v) is 12.4. The number of nitro groups is 1. The van der Waals surface area contributed by atoms with Gasteiger partial charge in [-0.15, -0.1) is 0 Å². The number of nitrogens with zero attached hydrogens (tertiary/aromatic N) is 2. The molecule has 0 bridgehead atoms. The van der Waals surface area contributed by atoms with Crippen molar-refractivity contribution in [2.24, 2.45) is 11.3 Å². The summed E-state index contributed by atoms with van der Waals surface area (Å²) >= 11 is 0. The van der Waals surface area contributed by atoms with Crippen LogP contribution in [0.3, 0.4) is 0 Å². The summed E-state index contributed by atoms with van der Waals surface area (Å²) in [6.07, 6.45) is 0.444. The van der Waals surface area contributed by atoms with Crippen LogP contribution in [0.2, 0.25) is 0 Å². The number of likely N-dealkylation sites (tertiary alicyclic amines) is 1. The molecular weight excluding hydrogens is 275 g/mol. The third-order valence-electron chi connectivity index (χ3n) is 4.06. The molecule has 0 radical (unpaired) electrons. The minimum atomic E-state index is -0.852. The Labute approximate surface area is 122 Å². The third kappa shape index (κ3) is 3.20. The summed E-state index contributed by atoms with van der Waals surface area (Å²) in [5, 5.41) is 10.7. The molecule has 1 fully saturated rings. The van der Waals surface area contributed by atoms with Crippen molar-refractivity contribution in [3.8, 4) is 0 Å². The van der Waals surface area contributed by atoms with Crippen LogP contribution in [0, 0.1) is 27.3 Å². The SMILES string of the molecule is CC(C)(C)C1CC(=O)N(Cc2cccc([N+](=O)[O-])c2F)C1. The zero-order valence-electron chi connectivity index (χ0n) is 12.4. The highest BCUT2D eigenvalue weighted by Crippen LogP contribution is 2.35. The number of carbonyl (C=O) groups excluding carboxylic acids is 1. The van der Waals surface area contributed by atoms with E-state index in [1.807, 2.05) is 0 Å². The van der Waals surface area contributed by atoms with E-state index in [0.717, 1.165) is 6.07 Å². The van der Waals surface area contributed by atoms with E-state index in [9.17, 15) is 19.3 Å². The molecule has 1 heterocycles. The normalized spacial score (nSPS) is 19.1. The maximum atomic E-state index is 14.1. The molecule has 0 aromatic heterocycles. The topological polar surface area (TPSA) is 63.5 Å². The number of carbonyl (C=O) groups is 1. The largest absolute Gasteiger partial charge is 0.338 e. The van der Waals surface area contributed by atoms with Crippen molar-refractivity contribution in [2.45, 2.75) is 33.7 Å². The standard InChI is InChI=1S/C15H19FN2O3/c1-15(2,3)11-7-13(19)17(9-11)8-10-5-4-6-12(14(10)16)18(20)21/h4-6,11H,7-9H2,1-3H3. The molecule has 5 nitrogen and oxygen atoms in total. The van der Waals surface area contributed by atoms with Gasteiger partial charge in [-0.2, -0.15) is 4.39 Å². The third-order valence-corrected chi connectivity index (χ3v) is 4.06. The second-order valence-corrected chi connectivity index (χ2v) is 6.55. The first-order chi connectivity index (χ1) is 9.70. The van der Waals surface area contributed by atoms with Crippen LogP contribution in [-0.4, -0.2) is 22.3 Å². The van der Waals surface area contributed by atoms with Gasteiger partial charge in [-0.25, -0.2) is 0 Å². The smallest absolute Gasteiger partial charge is 0.305 e. The van der Waals surface area contributed by atoms with Crippen molar-refractivity contribution in [1.82, 2.24) is 4.90 Å². The molecule has 1 aromatic carbocycles. The first kappa shape index (κ1) is 15.4. The van der Waals surface area contributed by atoms with Gasteiger partial charge in [0.05, 0.1) is 4.92 Å². The molecule has 1 unspecified atom stereocenters. The summed E-state index contributed by atoms with van der Waals surface area (Å²) in [6, 6.07) is 4.06. The van der Waals surface area contributed by atoms with Crippen molar-refractivity contribution >= 4 is 11.6 Å². The number of amides is 1. The van der Waals surface area contributed by atoms with E-state index in [1.54, 1.807) is 4.90 Å². The van der Waals surface area contributed by atoms with Gasteiger partial charge < -0.3 is 4.90 Å². The lowest BCUT2D eigenvalue weighted by molar-refractivity contribution is -0.387. The molecule has 1 amide bonds. The van der Waals surface area contributed by atoms with Gasteiger partial charge in [0.1, 0.15) is 0 Å². The van der Waals surface area contributed by atoms with Gasteiger partial charge in [0.2, 0.25) is 11.7 Å². The predicted molar refractivity (Wildman–Crippen MR) is 76.0 cm³/mol. The van der Waals surface area contributed by atoms with Crippen molar-refractivity contribution in [3.63, 3.8) is 0 Å². The molecule has 1 aliphatic heterocycles. The van der Waals surface area contributed by atoms with Gasteiger partial charge in [0.25, 0.3) is 0 Å².